The Kier molecular flexibility index (Phi) is 12.4. The summed E-state index contributed by atoms with van der Waals surface area (Å²) in [6.07, 6.45) is 6.64. The highest BCUT2D eigenvalue weighted by atomic mass is 16.4. The number of imidazole rings is 1. The predicted molar refractivity (Wildman–Crippen MR) is 177 cm³/mol. The van der Waals surface area contributed by atoms with Crippen molar-refractivity contribution >= 4 is 22.6 Å². The van der Waals surface area contributed by atoms with Crippen molar-refractivity contribution in [3.63, 3.8) is 0 Å². The summed E-state index contributed by atoms with van der Waals surface area (Å²) in [6.45, 7) is 3.29. The highest BCUT2D eigenvalue weighted by molar-refractivity contribution is 5.96. The Bertz CT molecular complexity index is 1650. The number of nitrogens with two attached hydrogens (primary N) is 1. The lowest BCUT2D eigenvalue weighted by molar-refractivity contribution is -0.139. The highest BCUT2D eigenvalue weighted by Gasteiger charge is 2.20. The van der Waals surface area contributed by atoms with Crippen molar-refractivity contribution in [2.45, 2.75) is 45.1 Å². The molecular formula is C35H43N7O3. The first-order chi connectivity index (χ1) is 21.9. The number of carbonyl (C=O) groups is 2. The van der Waals surface area contributed by atoms with Crippen LogP contribution in [-0.2, 0) is 45.1 Å². The van der Waals surface area contributed by atoms with Gasteiger partial charge in [-0.25, -0.2) is 9.78 Å². The third-order valence-electron chi connectivity index (χ3n) is 7.66. The summed E-state index contributed by atoms with van der Waals surface area (Å²) in [5.41, 5.74) is 9.46. The Morgan fingerprint density at radius 1 is 0.867 bits per heavy atom. The lowest BCUT2D eigenvalue weighted by Crippen LogP contribution is -2.41. The number of carboxylic acids is 1. The van der Waals surface area contributed by atoms with Gasteiger partial charge in [-0.2, -0.15) is 0 Å². The van der Waals surface area contributed by atoms with Crippen LogP contribution in [-0.4, -0.2) is 43.7 Å². The first-order valence-corrected chi connectivity index (χ1v) is 15.1. The molecule has 0 radical (unpaired) electrons. The number of rotatable bonds is 14. The minimum atomic E-state index is -1.03. The number of aryl methyl sites for hydroxylation is 2. The topological polar surface area (TPSA) is 139 Å². The first kappa shape index (κ1) is 33.1. The fraction of sp³-hybridized carbons (Fsp3) is 0.286. The monoisotopic (exact) mass is 609 g/mol. The molecule has 0 saturated carbocycles. The Morgan fingerprint density at radius 3 is 2.33 bits per heavy atom. The average molecular weight is 610 g/mol. The summed E-state index contributed by atoms with van der Waals surface area (Å²) < 4.78 is 3.99. The Hall–Kier alpha value is -4.77. The first-order valence-electron chi connectivity index (χ1n) is 15.1. The largest absolute Gasteiger partial charge is 0.480 e. The van der Waals surface area contributed by atoms with Crippen LogP contribution in [0.2, 0.25) is 0 Å². The fourth-order valence-corrected chi connectivity index (χ4v) is 4.96. The molecule has 1 amide bonds. The van der Waals surface area contributed by atoms with Gasteiger partial charge in [0.15, 0.2) is 0 Å². The van der Waals surface area contributed by atoms with Gasteiger partial charge in [0.05, 0.1) is 6.54 Å². The molecule has 3 aromatic carbocycles. The number of nitrogens with zero attached hydrogens (tertiary/aromatic N) is 3. The van der Waals surface area contributed by atoms with Crippen molar-refractivity contribution in [2.24, 2.45) is 19.8 Å². The van der Waals surface area contributed by atoms with Crippen LogP contribution in [0.25, 0.3) is 10.8 Å². The van der Waals surface area contributed by atoms with Crippen LogP contribution in [0, 0.1) is 0 Å². The van der Waals surface area contributed by atoms with Crippen molar-refractivity contribution < 1.29 is 14.7 Å². The standard InChI is InChI=1S/C24H32N6O3.C11H11N/c1-29-13-4-5-20(29)16-25-11-3-6-21(24(32)33)28-23(31)19-9-7-18(8-10-19)15-26-17-22-27-12-14-30(22)2;12-8-10-6-3-5-9-4-1-2-7-11(9)10/h4-5,7-10,12-14,21,25-26H,3,6,11,15-17H2,1-2H3,(H,28,31)(H,32,33);1-7H,8,12H2. The number of hydrogen-bond donors (Lipinski definition) is 5. The zero-order chi connectivity index (χ0) is 32.0. The molecule has 0 fully saturated rings. The summed E-state index contributed by atoms with van der Waals surface area (Å²) in [7, 11) is 3.93. The van der Waals surface area contributed by atoms with E-state index in [1.807, 2.05) is 78.1 Å². The number of nitrogens with one attached hydrogen (secondary N) is 3. The van der Waals surface area contributed by atoms with E-state index in [4.69, 9.17) is 5.73 Å². The van der Waals surface area contributed by atoms with Crippen molar-refractivity contribution in [1.82, 2.24) is 30.1 Å². The molecule has 10 heteroatoms. The molecular weight excluding hydrogens is 566 g/mol. The molecule has 0 bridgehead atoms. The molecule has 0 spiro atoms. The number of carbonyl (C=O) groups excluding carboxylic acids is 1. The van der Waals surface area contributed by atoms with Crippen molar-refractivity contribution in [3.05, 3.63) is 126 Å². The molecule has 5 rings (SSSR count). The molecule has 45 heavy (non-hydrogen) atoms. The van der Waals surface area contributed by atoms with Gasteiger partial charge in [0, 0.05) is 63.6 Å². The fourth-order valence-electron chi connectivity index (χ4n) is 4.96. The number of benzene rings is 3. The minimum Gasteiger partial charge on any atom is -0.480 e. The van der Waals surface area contributed by atoms with E-state index in [0.717, 1.165) is 23.6 Å². The molecule has 10 nitrogen and oxygen atoms in total. The second-order valence-electron chi connectivity index (χ2n) is 10.9. The molecule has 1 unspecified atom stereocenters. The summed E-state index contributed by atoms with van der Waals surface area (Å²) in [4.78, 5) is 28.4. The van der Waals surface area contributed by atoms with Crippen LogP contribution in [0.15, 0.2) is 97.5 Å². The van der Waals surface area contributed by atoms with Crippen LogP contribution >= 0.6 is 0 Å². The van der Waals surface area contributed by atoms with Crippen LogP contribution < -0.4 is 21.7 Å². The molecule has 0 aliphatic carbocycles. The van der Waals surface area contributed by atoms with Gasteiger partial charge in [0.25, 0.3) is 5.91 Å². The zero-order valence-electron chi connectivity index (χ0n) is 25.9. The quantitative estimate of drug-likeness (QED) is 0.120. The second-order valence-corrected chi connectivity index (χ2v) is 10.9. The number of aromatic nitrogens is 3. The normalized spacial score (nSPS) is 11.5. The zero-order valence-corrected chi connectivity index (χ0v) is 25.9. The third kappa shape index (κ3) is 9.87. The van der Waals surface area contributed by atoms with E-state index in [9.17, 15) is 14.7 Å². The third-order valence-corrected chi connectivity index (χ3v) is 7.66. The van der Waals surface area contributed by atoms with Crippen LogP contribution in [0.5, 0.6) is 0 Å². The summed E-state index contributed by atoms with van der Waals surface area (Å²) in [6, 6.07) is 24.8. The Labute approximate surface area is 264 Å². The lowest BCUT2D eigenvalue weighted by Gasteiger charge is -2.15. The van der Waals surface area contributed by atoms with E-state index in [-0.39, 0.29) is 5.91 Å². The number of amides is 1. The van der Waals surface area contributed by atoms with Crippen molar-refractivity contribution in [3.8, 4) is 0 Å². The maximum atomic E-state index is 12.5. The predicted octanol–water partition coefficient (Wildman–Crippen LogP) is 4.10. The van der Waals surface area contributed by atoms with Crippen LogP contribution in [0.4, 0.5) is 0 Å². The van der Waals surface area contributed by atoms with E-state index >= 15 is 0 Å². The van der Waals surface area contributed by atoms with Crippen LogP contribution in [0.1, 0.15) is 45.8 Å². The molecule has 0 saturated heterocycles. The van der Waals surface area contributed by atoms with Crippen molar-refractivity contribution in [1.29, 1.82) is 0 Å². The second kappa shape index (κ2) is 16.9. The average Bonchev–Trinajstić information content (AvgIpc) is 3.67. The number of carboxylic acid groups (broad SMARTS) is 1. The minimum absolute atomic E-state index is 0.358. The van der Waals surface area contributed by atoms with E-state index in [2.05, 4.69) is 45.2 Å². The van der Waals surface area contributed by atoms with Gasteiger partial charge in [0.2, 0.25) is 0 Å². The number of fused-ring (bicyclic) bond motifs is 1. The van der Waals surface area contributed by atoms with Gasteiger partial charge in [0.1, 0.15) is 11.9 Å². The van der Waals surface area contributed by atoms with Gasteiger partial charge in [-0.15, -0.1) is 0 Å². The SMILES string of the molecule is Cn1cccc1CNCCCC(NC(=O)c1ccc(CNCc2nccn2C)cc1)C(=O)O.NCc1cccc2ccccc12. The van der Waals surface area contributed by atoms with Gasteiger partial charge >= 0.3 is 5.97 Å². The van der Waals surface area contributed by atoms with Gasteiger partial charge in [-0.05, 0) is 65.6 Å². The van der Waals surface area contributed by atoms with Gasteiger partial charge in [-0.3, -0.25) is 4.79 Å². The van der Waals surface area contributed by atoms with Crippen molar-refractivity contribution in [2.75, 3.05) is 6.54 Å². The smallest absolute Gasteiger partial charge is 0.326 e. The molecule has 1 atom stereocenters. The maximum absolute atomic E-state index is 12.5. The Morgan fingerprint density at radius 2 is 1.64 bits per heavy atom. The van der Waals surface area contributed by atoms with Crippen LogP contribution in [0.3, 0.4) is 0 Å². The van der Waals surface area contributed by atoms with E-state index < -0.39 is 12.0 Å². The number of aliphatic carboxylic acids is 1. The molecule has 0 aliphatic heterocycles. The Balaban J connectivity index is 0.000000318. The summed E-state index contributed by atoms with van der Waals surface area (Å²) in [5.74, 6) is -0.464. The maximum Gasteiger partial charge on any atom is 0.326 e. The molecule has 236 valence electrons. The molecule has 2 heterocycles. The van der Waals surface area contributed by atoms with E-state index in [0.29, 0.717) is 44.6 Å². The molecule has 6 N–H and O–H groups in total. The summed E-state index contributed by atoms with van der Waals surface area (Å²) in [5, 5.41) is 21.3. The van der Waals surface area contributed by atoms with E-state index in [1.165, 1.54) is 16.3 Å². The van der Waals surface area contributed by atoms with E-state index in [1.54, 1.807) is 18.3 Å². The molecule has 5 aromatic rings. The highest BCUT2D eigenvalue weighted by Crippen LogP contribution is 2.17. The molecule has 2 aromatic heterocycles. The lowest BCUT2D eigenvalue weighted by atomic mass is 10.1. The van der Waals surface area contributed by atoms with Gasteiger partial charge < -0.3 is 35.9 Å². The number of hydrogen-bond acceptors (Lipinski definition) is 6. The molecule has 0 aliphatic rings. The van der Waals surface area contributed by atoms with Gasteiger partial charge in [-0.1, -0.05) is 54.6 Å². The summed E-state index contributed by atoms with van der Waals surface area (Å²) >= 11 is 0.